The highest BCUT2D eigenvalue weighted by Crippen LogP contribution is 2.31. The summed E-state index contributed by atoms with van der Waals surface area (Å²) < 4.78 is 36.5. The number of aromatic nitrogens is 2. The van der Waals surface area contributed by atoms with Crippen LogP contribution < -0.4 is 14.8 Å². The summed E-state index contributed by atoms with van der Waals surface area (Å²) in [6.45, 7) is 1.74. The van der Waals surface area contributed by atoms with Gasteiger partial charge in [0.25, 0.3) is 5.91 Å². The van der Waals surface area contributed by atoms with E-state index in [1.165, 1.54) is 0 Å². The van der Waals surface area contributed by atoms with Gasteiger partial charge >= 0.3 is 0 Å². The van der Waals surface area contributed by atoms with Gasteiger partial charge in [-0.1, -0.05) is 18.2 Å². The maximum Gasteiger partial charge on any atom is 0.263 e. The minimum absolute atomic E-state index is 0.000681. The first-order valence-corrected chi connectivity index (χ1v) is 12.1. The standard InChI is InChI=1S/C23H25N3O5S/c1-16-5-3-4-6-21(16)31-14-23(27)24-22-13-20(17-7-9-19(30-2)10-8-17)25-26(22)18-11-12-32(28,29)15-18/h3-10,13,18H,11-12,14-15H2,1-2H3,(H,24,27)/t18-/m0/s1. The molecule has 0 aliphatic carbocycles. The van der Waals surface area contributed by atoms with Crippen LogP contribution in [0.4, 0.5) is 5.82 Å². The van der Waals surface area contributed by atoms with Crippen LogP contribution in [0.3, 0.4) is 0 Å². The normalized spacial score (nSPS) is 17.1. The highest BCUT2D eigenvalue weighted by molar-refractivity contribution is 7.91. The van der Waals surface area contributed by atoms with Crippen LogP contribution in [0.5, 0.6) is 11.5 Å². The second-order valence-electron chi connectivity index (χ2n) is 7.75. The molecule has 2 heterocycles. The summed E-state index contributed by atoms with van der Waals surface area (Å²) in [6, 6.07) is 16.2. The van der Waals surface area contributed by atoms with E-state index in [-0.39, 0.29) is 30.1 Å². The van der Waals surface area contributed by atoms with Crippen molar-refractivity contribution in [3.8, 4) is 22.8 Å². The monoisotopic (exact) mass is 455 g/mol. The number of hydrogen-bond donors (Lipinski definition) is 1. The zero-order valence-electron chi connectivity index (χ0n) is 17.9. The average Bonchev–Trinajstić information content (AvgIpc) is 3.36. The summed E-state index contributed by atoms with van der Waals surface area (Å²) in [5, 5.41) is 7.46. The van der Waals surface area contributed by atoms with E-state index in [0.717, 1.165) is 16.9 Å². The Morgan fingerprint density at radius 2 is 1.94 bits per heavy atom. The number of para-hydroxylation sites is 1. The number of amides is 1. The van der Waals surface area contributed by atoms with Gasteiger partial charge in [0.05, 0.1) is 30.4 Å². The first kappa shape index (κ1) is 21.9. The van der Waals surface area contributed by atoms with Gasteiger partial charge in [0, 0.05) is 11.6 Å². The molecule has 1 saturated heterocycles. The van der Waals surface area contributed by atoms with Crippen LogP contribution in [0.1, 0.15) is 18.0 Å². The molecule has 0 saturated carbocycles. The number of nitrogens with one attached hydrogen (secondary N) is 1. The molecule has 1 fully saturated rings. The lowest BCUT2D eigenvalue weighted by atomic mass is 10.1. The summed E-state index contributed by atoms with van der Waals surface area (Å²) >= 11 is 0. The van der Waals surface area contributed by atoms with Gasteiger partial charge in [-0.25, -0.2) is 13.1 Å². The van der Waals surface area contributed by atoms with Gasteiger partial charge in [-0.3, -0.25) is 4.79 Å². The van der Waals surface area contributed by atoms with Crippen molar-refractivity contribution in [3.63, 3.8) is 0 Å². The van der Waals surface area contributed by atoms with Crippen molar-refractivity contribution in [2.75, 3.05) is 30.5 Å². The Hall–Kier alpha value is -3.33. The van der Waals surface area contributed by atoms with Crippen molar-refractivity contribution in [1.82, 2.24) is 9.78 Å². The molecule has 1 amide bonds. The predicted molar refractivity (Wildman–Crippen MR) is 122 cm³/mol. The molecule has 4 rings (SSSR count). The number of methoxy groups -OCH3 is 1. The molecule has 0 bridgehead atoms. The van der Waals surface area contributed by atoms with Crippen molar-refractivity contribution < 1.29 is 22.7 Å². The Kier molecular flexibility index (Phi) is 6.18. The molecule has 1 aliphatic heterocycles. The van der Waals surface area contributed by atoms with Gasteiger partial charge < -0.3 is 14.8 Å². The maximum atomic E-state index is 12.6. The third-order valence-electron chi connectivity index (χ3n) is 5.40. The van der Waals surface area contributed by atoms with Crippen LogP contribution in [-0.2, 0) is 14.6 Å². The van der Waals surface area contributed by atoms with E-state index in [9.17, 15) is 13.2 Å². The average molecular weight is 456 g/mol. The zero-order chi connectivity index (χ0) is 22.7. The molecular formula is C23H25N3O5S. The predicted octanol–water partition coefficient (Wildman–Crippen LogP) is 3.24. The Balaban J connectivity index is 1.56. The van der Waals surface area contributed by atoms with Crippen LogP contribution in [0, 0.1) is 6.92 Å². The van der Waals surface area contributed by atoms with Crippen molar-refractivity contribution in [3.05, 3.63) is 60.2 Å². The SMILES string of the molecule is COc1ccc(-c2cc(NC(=O)COc3ccccc3C)n([C@H]3CCS(=O)(=O)C3)n2)cc1. The Bertz CT molecular complexity index is 1220. The minimum atomic E-state index is -3.12. The quantitative estimate of drug-likeness (QED) is 0.587. The van der Waals surface area contributed by atoms with Gasteiger partial charge in [0.15, 0.2) is 16.4 Å². The van der Waals surface area contributed by atoms with E-state index in [1.807, 2.05) is 49.4 Å². The second kappa shape index (κ2) is 9.04. The van der Waals surface area contributed by atoms with E-state index in [1.54, 1.807) is 23.9 Å². The van der Waals surface area contributed by atoms with E-state index >= 15 is 0 Å². The Labute approximate surface area is 187 Å². The number of aryl methyl sites for hydroxylation is 1. The van der Waals surface area contributed by atoms with E-state index in [0.29, 0.717) is 23.7 Å². The molecule has 1 atom stereocenters. The van der Waals surface area contributed by atoms with Crippen LogP contribution in [0.15, 0.2) is 54.6 Å². The fourth-order valence-electron chi connectivity index (χ4n) is 3.68. The lowest BCUT2D eigenvalue weighted by Crippen LogP contribution is -2.24. The molecule has 3 aromatic rings. The van der Waals surface area contributed by atoms with Crippen molar-refractivity contribution >= 4 is 21.6 Å². The molecule has 168 valence electrons. The third kappa shape index (κ3) is 4.94. The number of nitrogens with zero attached hydrogens (tertiary/aromatic N) is 2. The first-order valence-electron chi connectivity index (χ1n) is 10.3. The van der Waals surface area contributed by atoms with Gasteiger partial charge in [-0.15, -0.1) is 0 Å². The number of benzene rings is 2. The van der Waals surface area contributed by atoms with Crippen molar-refractivity contribution in [2.24, 2.45) is 0 Å². The summed E-state index contributed by atoms with van der Waals surface area (Å²) in [7, 11) is -1.52. The summed E-state index contributed by atoms with van der Waals surface area (Å²) in [4.78, 5) is 12.6. The van der Waals surface area contributed by atoms with E-state index in [4.69, 9.17) is 9.47 Å². The number of carbonyl (C=O) groups excluding carboxylic acids is 1. The van der Waals surface area contributed by atoms with Crippen molar-refractivity contribution in [1.29, 1.82) is 0 Å². The van der Waals surface area contributed by atoms with E-state index in [2.05, 4.69) is 10.4 Å². The lowest BCUT2D eigenvalue weighted by molar-refractivity contribution is -0.118. The fraction of sp³-hybridized carbons (Fsp3) is 0.304. The third-order valence-corrected chi connectivity index (χ3v) is 7.15. The molecule has 2 aromatic carbocycles. The molecule has 32 heavy (non-hydrogen) atoms. The summed E-state index contributed by atoms with van der Waals surface area (Å²) in [5.41, 5.74) is 2.40. The van der Waals surface area contributed by atoms with Gasteiger partial charge in [-0.05, 0) is 49.2 Å². The number of hydrogen-bond acceptors (Lipinski definition) is 6. The van der Waals surface area contributed by atoms with E-state index < -0.39 is 9.84 Å². The molecular weight excluding hydrogens is 430 g/mol. The molecule has 1 aromatic heterocycles. The van der Waals surface area contributed by atoms with Gasteiger partial charge in [0.1, 0.15) is 17.3 Å². The zero-order valence-corrected chi connectivity index (χ0v) is 18.8. The number of sulfone groups is 1. The molecule has 1 N–H and O–H groups in total. The number of ether oxygens (including phenoxy) is 2. The molecule has 0 unspecified atom stereocenters. The number of anilines is 1. The maximum absolute atomic E-state index is 12.6. The largest absolute Gasteiger partial charge is 0.497 e. The molecule has 9 heteroatoms. The molecule has 1 aliphatic rings. The Morgan fingerprint density at radius 3 is 2.59 bits per heavy atom. The van der Waals surface area contributed by atoms with Gasteiger partial charge in [0.2, 0.25) is 0 Å². The topological polar surface area (TPSA) is 99.5 Å². The van der Waals surface area contributed by atoms with Crippen LogP contribution in [0.2, 0.25) is 0 Å². The van der Waals surface area contributed by atoms with Crippen LogP contribution in [0.25, 0.3) is 11.3 Å². The summed E-state index contributed by atoms with van der Waals surface area (Å²) in [5.74, 6) is 1.56. The fourth-order valence-corrected chi connectivity index (χ4v) is 5.37. The molecule has 0 radical (unpaired) electrons. The minimum Gasteiger partial charge on any atom is -0.497 e. The molecule has 8 nitrogen and oxygen atoms in total. The number of rotatable bonds is 7. The van der Waals surface area contributed by atoms with Crippen LogP contribution >= 0.6 is 0 Å². The first-order chi connectivity index (χ1) is 15.3. The Morgan fingerprint density at radius 1 is 1.19 bits per heavy atom. The lowest BCUT2D eigenvalue weighted by Gasteiger charge is -2.14. The molecule has 0 spiro atoms. The number of carbonyl (C=O) groups is 1. The van der Waals surface area contributed by atoms with Gasteiger partial charge in [-0.2, -0.15) is 5.10 Å². The smallest absolute Gasteiger partial charge is 0.263 e. The highest BCUT2D eigenvalue weighted by atomic mass is 32.2. The highest BCUT2D eigenvalue weighted by Gasteiger charge is 2.31. The van der Waals surface area contributed by atoms with Crippen molar-refractivity contribution in [2.45, 2.75) is 19.4 Å². The second-order valence-corrected chi connectivity index (χ2v) is 9.98. The van der Waals surface area contributed by atoms with Crippen LogP contribution in [-0.4, -0.2) is 49.3 Å². The summed E-state index contributed by atoms with van der Waals surface area (Å²) in [6.07, 6.45) is 0.453.